The number of halogens is 1. The van der Waals surface area contributed by atoms with Crippen LogP contribution in [0.1, 0.15) is 62.0 Å². The number of anilines is 1. The first-order valence-corrected chi connectivity index (χ1v) is 15.4. The zero-order valence-corrected chi connectivity index (χ0v) is 26.8. The predicted molar refractivity (Wildman–Crippen MR) is 171 cm³/mol. The molecule has 1 atom stereocenters. The summed E-state index contributed by atoms with van der Waals surface area (Å²) in [6.07, 6.45) is 1.76. The number of nitrogens with zero attached hydrogens (tertiary/aromatic N) is 4. The number of hydrogen-bond donors (Lipinski definition) is 2. The monoisotopic (exact) mass is 634 g/mol. The van der Waals surface area contributed by atoms with Crippen LogP contribution in [-0.2, 0) is 27.4 Å². The quantitative estimate of drug-likeness (QED) is 0.306. The van der Waals surface area contributed by atoms with Crippen LogP contribution in [0.3, 0.4) is 0 Å². The van der Waals surface area contributed by atoms with Crippen LogP contribution < -0.4 is 10.6 Å². The summed E-state index contributed by atoms with van der Waals surface area (Å²) in [4.78, 5) is 51.8. The van der Waals surface area contributed by atoms with Crippen LogP contribution in [-0.4, -0.2) is 75.2 Å². The summed E-state index contributed by atoms with van der Waals surface area (Å²) in [5.41, 5.74) is 2.68. The largest absolute Gasteiger partial charge is 0.444 e. The van der Waals surface area contributed by atoms with E-state index < -0.39 is 17.9 Å². The number of alkyl carbamates (subject to hydrolysis) is 1. The molecule has 3 heterocycles. The topological polar surface area (TPSA) is 126 Å². The number of ether oxygens (including phenoxy) is 2. The molecule has 0 bridgehead atoms. The Morgan fingerprint density at radius 2 is 1.89 bits per heavy atom. The van der Waals surface area contributed by atoms with Gasteiger partial charge < -0.3 is 24.6 Å². The van der Waals surface area contributed by atoms with Crippen molar-refractivity contribution in [1.29, 1.82) is 0 Å². The van der Waals surface area contributed by atoms with Gasteiger partial charge in [-0.2, -0.15) is 0 Å². The predicted octanol–water partition coefficient (Wildman–Crippen LogP) is 5.24. The molecular weight excluding hydrogens is 596 g/mol. The molecule has 3 aromatic rings. The average molecular weight is 635 g/mol. The number of benzene rings is 2. The van der Waals surface area contributed by atoms with Crippen LogP contribution >= 0.6 is 11.6 Å². The number of aromatic nitrogens is 2. The Morgan fingerprint density at radius 1 is 1.16 bits per heavy atom. The number of rotatable bonds is 9. The maximum absolute atomic E-state index is 13.8. The van der Waals surface area contributed by atoms with Gasteiger partial charge in [-0.05, 0) is 50.8 Å². The number of carbonyl (C=O) groups excluding carboxylic acids is 3. The maximum atomic E-state index is 13.8. The molecule has 45 heavy (non-hydrogen) atoms. The van der Waals surface area contributed by atoms with E-state index >= 15 is 0 Å². The van der Waals surface area contributed by atoms with Crippen molar-refractivity contribution in [2.75, 3.05) is 25.1 Å². The minimum absolute atomic E-state index is 0.0575. The highest BCUT2D eigenvalue weighted by atomic mass is 35.5. The van der Waals surface area contributed by atoms with Gasteiger partial charge in [-0.3, -0.25) is 14.9 Å². The van der Waals surface area contributed by atoms with Crippen molar-refractivity contribution in [1.82, 2.24) is 25.1 Å². The molecule has 0 aliphatic carbocycles. The van der Waals surface area contributed by atoms with Gasteiger partial charge >= 0.3 is 6.09 Å². The molecule has 11 nitrogen and oxygen atoms in total. The van der Waals surface area contributed by atoms with Gasteiger partial charge in [0.15, 0.2) is 0 Å². The van der Waals surface area contributed by atoms with E-state index in [4.69, 9.17) is 21.1 Å². The lowest BCUT2D eigenvalue weighted by Gasteiger charge is -2.34. The smallest absolute Gasteiger partial charge is 0.409 e. The lowest BCUT2D eigenvalue weighted by molar-refractivity contribution is -0.132. The third kappa shape index (κ3) is 8.29. The third-order valence-corrected chi connectivity index (χ3v) is 7.89. The summed E-state index contributed by atoms with van der Waals surface area (Å²) >= 11 is 6.53. The Kier molecular flexibility index (Phi) is 9.89. The lowest BCUT2D eigenvalue weighted by Crippen LogP contribution is -2.56. The van der Waals surface area contributed by atoms with E-state index in [-0.39, 0.29) is 30.9 Å². The molecular formula is C33H39ClN6O5. The van der Waals surface area contributed by atoms with Crippen LogP contribution in [0.2, 0.25) is 5.02 Å². The van der Waals surface area contributed by atoms with Crippen LogP contribution in [0.25, 0.3) is 11.3 Å². The molecule has 2 N–H and O–H groups in total. The fourth-order valence-electron chi connectivity index (χ4n) is 5.42. The molecule has 1 saturated heterocycles. The number of amides is 3. The number of fused-ring (bicyclic) bond motifs is 1. The zero-order valence-electron chi connectivity index (χ0n) is 26.0. The van der Waals surface area contributed by atoms with Crippen molar-refractivity contribution in [3.05, 3.63) is 76.4 Å². The number of nitrogens with one attached hydrogen (secondary N) is 2. The molecule has 0 radical (unpaired) electrons. The highest BCUT2D eigenvalue weighted by molar-refractivity contribution is 6.33. The Labute approximate surface area is 268 Å². The van der Waals surface area contributed by atoms with E-state index in [0.717, 1.165) is 24.0 Å². The molecule has 2 aromatic carbocycles. The van der Waals surface area contributed by atoms with Crippen LogP contribution in [0, 0.1) is 0 Å². The van der Waals surface area contributed by atoms with E-state index in [9.17, 15) is 14.4 Å². The van der Waals surface area contributed by atoms with Crippen LogP contribution in [0.5, 0.6) is 0 Å². The lowest BCUT2D eigenvalue weighted by atomic mass is 10.0. The molecule has 1 aromatic heterocycles. The van der Waals surface area contributed by atoms with Gasteiger partial charge in [0.25, 0.3) is 5.91 Å². The van der Waals surface area contributed by atoms with Gasteiger partial charge in [0, 0.05) is 50.4 Å². The third-order valence-electron chi connectivity index (χ3n) is 7.61. The zero-order chi connectivity index (χ0) is 32.1. The molecule has 3 amide bonds. The summed E-state index contributed by atoms with van der Waals surface area (Å²) in [6.45, 7) is 8.72. The first-order chi connectivity index (χ1) is 21.5. The SMILES string of the molecule is CC(=O)N(Cc1ccccc1)C(CN1Cc2ccc(-c3nc(NC4CCOCC4)ncc3Cl)cc2C1=O)NC(=O)OC(C)(C)C. The first-order valence-electron chi connectivity index (χ1n) is 15.1. The van der Waals surface area contributed by atoms with E-state index in [1.807, 2.05) is 42.5 Å². The minimum atomic E-state index is -0.842. The highest BCUT2D eigenvalue weighted by Crippen LogP contribution is 2.32. The molecule has 0 spiro atoms. The maximum Gasteiger partial charge on any atom is 0.409 e. The second-order valence-corrected chi connectivity index (χ2v) is 12.7. The highest BCUT2D eigenvalue weighted by Gasteiger charge is 2.34. The summed E-state index contributed by atoms with van der Waals surface area (Å²) in [5.74, 6) is -0.0136. The summed E-state index contributed by atoms with van der Waals surface area (Å²) in [5, 5.41) is 6.57. The second kappa shape index (κ2) is 13.8. The standard InChI is InChI=1S/C33H39ClN6O5/c1-21(41)40(18-22-8-6-5-7-9-22)28(37-32(43)45-33(2,3)4)20-39-19-24-11-10-23(16-26(24)30(39)42)29-27(34)17-35-31(38-29)36-25-12-14-44-15-13-25/h5-11,16-17,25,28H,12-15,18-20H2,1-4H3,(H,37,43)(H,35,36,38). The minimum Gasteiger partial charge on any atom is -0.444 e. The fraction of sp³-hybridized carbons (Fsp3) is 0.424. The molecule has 5 rings (SSSR count). The fourth-order valence-corrected chi connectivity index (χ4v) is 5.62. The van der Waals surface area contributed by atoms with Crippen molar-refractivity contribution < 1.29 is 23.9 Å². The van der Waals surface area contributed by atoms with E-state index in [2.05, 4.69) is 20.6 Å². The van der Waals surface area contributed by atoms with E-state index in [1.165, 1.54) is 11.8 Å². The second-order valence-electron chi connectivity index (χ2n) is 12.3. The molecule has 2 aliphatic heterocycles. The Morgan fingerprint density at radius 3 is 2.58 bits per heavy atom. The van der Waals surface area contributed by atoms with Crippen LogP contribution in [0.15, 0.2) is 54.7 Å². The summed E-state index contributed by atoms with van der Waals surface area (Å²) in [7, 11) is 0. The Bertz CT molecular complexity index is 1540. The Balaban J connectivity index is 1.37. The van der Waals surface area contributed by atoms with Crippen molar-refractivity contribution in [3.63, 3.8) is 0 Å². The summed E-state index contributed by atoms with van der Waals surface area (Å²) < 4.78 is 10.9. The molecule has 238 valence electrons. The van der Waals surface area contributed by atoms with Crippen molar-refractivity contribution in [2.24, 2.45) is 0 Å². The number of hydrogen-bond acceptors (Lipinski definition) is 8. The van der Waals surface area contributed by atoms with Gasteiger partial charge in [-0.25, -0.2) is 14.8 Å². The average Bonchev–Trinajstić information content (AvgIpc) is 3.30. The van der Waals surface area contributed by atoms with Crippen LogP contribution in [0.4, 0.5) is 10.7 Å². The normalized spacial score (nSPS) is 15.8. The number of carbonyl (C=O) groups is 3. The summed E-state index contributed by atoms with van der Waals surface area (Å²) in [6, 6.07) is 15.2. The van der Waals surface area contributed by atoms with Gasteiger partial charge in [0.2, 0.25) is 11.9 Å². The van der Waals surface area contributed by atoms with Gasteiger partial charge in [0.05, 0.1) is 23.5 Å². The molecule has 1 fully saturated rings. The van der Waals surface area contributed by atoms with Gasteiger partial charge in [-0.15, -0.1) is 0 Å². The molecule has 2 aliphatic rings. The van der Waals surface area contributed by atoms with E-state index in [0.29, 0.717) is 47.6 Å². The first kappa shape index (κ1) is 32.2. The van der Waals surface area contributed by atoms with E-state index in [1.54, 1.807) is 37.9 Å². The van der Waals surface area contributed by atoms with Gasteiger partial charge in [0.1, 0.15) is 11.8 Å². The van der Waals surface area contributed by atoms with Crippen molar-refractivity contribution in [2.45, 2.75) is 71.4 Å². The van der Waals surface area contributed by atoms with Gasteiger partial charge in [-0.1, -0.05) is 54.1 Å². The van der Waals surface area contributed by atoms with Crippen molar-refractivity contribution >= 4 is 35.5 Å². The molecule has 0 saturated carbocycles. The molecule has 12 heteroatoms. The van der Waals surface area contributed by atoms with Crippen molar-refractivity contribution in [3.8, 4) is 11.3 Å². The molecule has 1 unspecified atom stereocenters. The Hall–Kier alpha value is -4.22.